The second kappa shape index (κ2) is 5.22. The molecule has 1 aromatic rings. The van der Waals surface area contributed by atoms with Crippen LogP contribution in [0.15, 0.2) is 11.0 Å². The number of aryl methyl sites for hydroxylation is 2. The molecule has 1 aromatic heterocycles. The van der Waals surface area contributed by atoms with Gasteiger partial charge in [0.1, 0.15) is 0 Å². The van der Waals surface area contributed by atoms with Crippen molar-refractivity contribution in [3.8, 4) is 0 Å². The summed E-state index contributed by atoms with van der Waals surface area (Å²) in [6.07, 6.45) is 0.954. The molecule has 1 unspecified atom stereocenters. The lowest BCUT2D eigenvalue weighted by atomic mass is 10.1. The number of nitrogens with one attached hydrogen (secondary N) is 1. The van der Waals surface area contributed by atoms with Crippen LogP contribution in [0, 0.1) is 13.8 Å². The molecule has 1 N–H and O–H groups in total. The van der Waals surface area contributed by atoms with E-state index in [2.05, 4.69) is 4.72 Å². The van der Waals surface area contributed by atoms with Crippen LogP contribution in [0.1, 0.15) is 22.6 Å². The number of thiophene rings is 1. The number of sulfonamides is 1. The van der Waals surface area contributed by atoms with Gasteiger partial charge in [-0.3, -0.25) is 4.79 Å². The second-order valence-corrected chi connectivity index (χ2v) is 8.05. The maximum Gasteiger partial charge on any atom is 0.241 e. The van der Waals surface area contributed by atoms with E-state index in [-0.39, 0.29) is 11.9 Å². The third-order valence-corrected chi connectivity index (χ3v) is 5.98. The Kier molecular flexibility index (Phi) is 3.98. The molecule has 0 aromatic carbocycles. The number of rotatable bonds is 3. The maximum absolute atomic E-state index is 12.3. The highest BCUT2D eigenvalue weighted by molar-refractivity contribution is 7.89. The number of nitrogens with zero attached hydrogens (tertiary/aromatic N) is 1. The zero-order valence-electron chi connectivity index (χ0n) is 11.3. The van der Waals surface area contributed by atoms with Gasteiger partial charge in [-0.2, -0.15) is 0 Å². The number of likely N-dealkylation sites (tertiary alicyclic amines) is 1. The molecule has 0 bridgehead atoms. The molecule has 19 heavy (non-hydrogen) atoms. The molecule has 1 amide bonds. The minimum atomic E-state index is -3.49. The minimum absolute atomic E-state index is 0.0676. The first-order valence-electron chi connectivity index (χ1n) is 6.13. The Bertz CT molecular complexity index is 592. The number of amides is 1. The molecular weight excluding hydrogens is 284 g/mol. The van der Waals surface area contributed by atoms with Gasteiger partial charge in [-0.15, -0.1) is 11.3 Å². The van der Waals surface area contributed by atoms with Crippen LogP contribution < -0.4 is 4.72 Å². The van der Waals surface area contributed by atoms with E-state index in [4.69, 9.17) is 0 Å². The van der Waals surface area contributed by atoms with E-state index < -0.39 is 10.0 Å². The van der Waals surface area contributed by atoms with Crippen LogP contribution in [-0.4, -0.2) is 38.9 Å². The van der Waals surface area contributed by atoms with E-state index in [1.54, 1.807) is 18.0 Å². The van der Waals surface area contributed by atoms with Gasteiger partial charge in [0, 0.05) is 35.8 Å². The molecule has 2 rings (SSSR count). The molecule has 0 aliphatic carbocycles. The molecular formula is C12H18N2O3S2. The van der Waals surface area contributed by atoms with E-state index in [9.17, 15) is 13.2 Å². The van der Waals surface area contributed by atoms with Gasteiger partial charge >= 0.3 is 0 Å². The Morgan fingerprint density at radius 1 is 1.42 bits per heavy atom. The molecule has 0 radical (unpaired) electrons. The van der Waals surface area contributed by atoms with Crippen molar-refractivity contribution in [2.45, 2.75) is 37.6 Å². The van der Waals surface area contributed by atoms with Crippen LogP contribution >= 0.6 is 11.3 Å². The highest BCUT2D eigenvalue weighted by Crippen LogP contribution is 2.25. The molecule has 1 aliphatic rings. The third kappa shape index (κ3) is 3.16. The van der Waals surface area contributed by atoms with Crippen molar-refractivity contribution in [3.63, 3.8) is 0 Å². The summed E-state index contributed by atoms with van der Waals surface area (Å²) in [4.78, 5) is 15.1. The van der Waals surface area contributed by atoms with Crippen LogP contribution in [0.5, 0.6) is 0 Å². The number of likely N-dealkylation sites (N-methyl/N-ethyl adjacent to an activating group) is 1. The molecule has 5 nitrogen and oxygen atoms in total. The van der Waals surface area contributed by atoms with Gasteiger partial charge in [-0.25, -0.2) is 13.1 Å². The third-order valence-electron chi connectivity index (χ3n) is 3.23. The number of hydrogen-bond donors (Lipinski definition) is 1. The average molecular weight is 302 g/mol. The summed E-state index contributed by atoms with van der Waals surface area (Å²) in [5.74, 6) is 0.0676. The summed E-state index contributed by atoms with van der Waals surface area (Å²) in [6.45, 7) is 4.13. The van der Waals surface area contributed by atoms with Crippen molar-refractivity contribution < 1.29 is 13.2 Å². The summed E-state index contributed by atoms with van der Waals surface area (Å²) >= 11 is 1.48. The first kappa shape index (κ1) is 14.5. The molecule has 2 heterocycles. The Labute approximate surface area is 117 Å². The molecule has 1 atom stereocenters. The van der Waals surface area contributed by atoms with Gasteiger partial charge in [0.15, 0.2) is 0 Å². The maximum atomic E-state index is 12.3. The molecule has 1 fully saturated rings. The van der Waals surface area contributed by atoms with Gasteiger partial charge in [-0.1, -0.05) is 0 Å². The van der Waals surface area contributed by atoms with Crippen molar-refractivity contribution in [3.05, 3.63) is 15.8 Å². The number of carbonyl (C=O) groups excluding carboxylic acids is 1. The first-order chi connectivity index (χ1) is 8.79. The summed E-state index contributed by atoms with van der Waals surface area (Å²) in [6, 6.07) is 1.49. The average Bonchev–Trinajstić information content (AvgIpc) is 2.63. The largest absolute Gasteiger partial charge is 0.344 e. The predicted molar refractivity (Wildman–Crippen MR) is 74.8 cm³/mol. The Morgan fingerprint density at radius 3 is 2.63 bits per heavy atom. The van der Waals surface area contributed by atoms with Crippen molar-refractivity contribution in [2.24, 2.45) is 0 Å². The van der Waals surface area contributed by atoms with E-state index in [0.29, 0.717) is 24.3 Å². The number of carbonyl (C=O) groups is 1. The Morgan fingerprint density at radius 2 is 2.11 bits per heavy atom. The molecule has 1 aliphatic heterocycles. The normalized spacial score (nSPS) is 20.9. The topological polar surface area (TPSA) is 66.5 Å². The van der Waals surface area contributed by atoms with E-state index in [1.807, 2.05) is 13.8 Å². The quantitative estimate of drug-likeness (QED) is 0.914. The standard InChI is InChI=1S/C12H18N2O3S2/c1-8-6-11(9(2)18-8)19(16,17)13-10-4-5-12(15)14(3)7-10/h6,10,13H,4-5,7H2,1-3H3. The fourth-order valence-corrected chi connectivity index (χ4v) is 5.08. The lowest BCUT2D eigenvalue weighted by molar-refractivity contribution is -0.132. The lowest BCUT2D eigenvalue weighted by Crippen LogP contribution is -2.48. The van der Waals surface area contributed by atoms with Gasteiger partial charge in [0.2, 0.25) is 15.9 Å². The molecule has 0 spiro atoms. The van der Waals surface area contributed by atoms with Crippen LogP contribution in [0.25, 0.3) is 0 Å². The van der Waals surface area contributed by atoms with Crippen LogP contribution in [0.4, 0.5) is 0 Å². The SMILES string of the molecule is Cc1cc(S(=O)(=O)NC2CCC(=O)N(C)C2)c(C)s1. The fraction of sp³-hybridized carbons (Fsp3) is 0.583. The van der Waals surface area contributed by atoms with Crippen molar-refractivity contribution >= 4 is 27.3 Å². The smallest absolute Gasteiger partial charge is 0.241 e. The Balaban J connectivity index is 2.14. The van der Waals surface area contributed by atoms with Crippen molar-refractivity contribution in [2.75, 3.05) is 13.6 Å². The summed E-state index contributed by atoms with van der Waals surface area (Å²) in [5, 5.41) is 0. The number of hydrogen-bond acceptors (Lipinski definition) is 4. The summed E-state index contributed by atoms with van der Waals surface area (Å²) in [7, 11) is -1.79. The van der Waals surface area contributed by atoms with Crippen LogP contribution in [-0.2, 0) is 14.8 Å². The predicted octanol–water partition coefficient (Wildman–Crippen LogP) is 1.26. The zero-order valence-corrected chi connectivity index (χ0v) is 12.9. The van der Waals surface area contributed by atoms with Crippen molar-refractivity contribution in [1.29, 1.82) is 0 Å². The monoisotopic (exact) mass is 302 g/mol. The number of piperidine rings is 1. The molecule has 106 valence electrons. The fourth-order valence-electron chi connectivity index (χ4n) is 2.27. The van der Waals surface area contributed by atoms with E-state index in [1.165, 1.54) is 11.3 Å². The summed E-state index contributed by atoms with van der Waals surface area (Å²) in [5.41, 5.74) is 0. The van der Waals surface area contributed by atoms with E-state index >= 15 is 0 Å². The van der Waals surface area contributed by atoms with Crippen LogP contribution in [0.3, 0.4) is 0 Å². The zero-order chi connectivity index (χ0) is 14.2. The van der Waals surface area contributed by atoms with Gasteiger partial charge in [0.25, 0.3) is 0 Å². The van der Waals surface area contributed by atoms with Crippen LogP contribution in [0.2, 0.25) is 0 Å². The highest BCUT2D eigenvalue weighted by atomic mass is 32.2. The molecule has 7 heteroatoms. The van der Waals surface area contributed by atoms with Gasteiger partial charge < -0.3 is 4.90 Å². The second-order valence-electron chi connectivity index (χ2n) is 4.91. The van der Waals surface area contributed by atoms with Crippen molar-refractivity contribution in [1.82, 2.24) is 9.62 Å². The lowest BCUT2D eigenvalue weighted by Gasteiger charge is -2.29. The molecule has 0 saturated carbocycles. The summed E-state index contributed by atoms with van der Waals surface area (Å²) < 4.78 is 27.3. The Hall–Kier alpha value is -0.920. The minimum Gasteiger partial charge on any atom is -0.344 e. The highest BCUT2D eigenvalue weighted by Gasteiger charge is 2.28. The molecule has 1 saturated heterocycles. The van der Waals surface area contributed by atoms with Gasteiger partial charge in [0.05, 0.1) is 4.90 Å². The first-order valence-corrected chi connectivity index (χ1v) is 8.43. The van der Waals surface area contributed by atoms with E-state index in [0.717, 1.165) is 9.75 Å². The van der Waals surface area contributed by atoms with Gasteiger partial charge in [-0.05, 0) is 26.3 Å².